The number of aliphatic hydroxyl groups is 1. The largest absolute Gasteiger partial charge is 0.481 e. The van der Waals surface area contributed by atoms with Gasteiger partial charge >= 0.3 is 5.97 Å². The maximum absolute atomic E-state index is 10.3. The van der Waals surface area contributed by atoms with E-state index in [1.807, 2.05) is 0 Å². The molecule has 0 amide bonds. The number of carboxylic acids is 1. The maximum Gasteiger partial charge on any atom is 0.306 e. The van der Waals surface area contributed by atoms with Crippen LogP contribution < -0.4 is 5.32 Å². The molecule has 0 saturated carbocycles. The Morgan fingerprint density at radius 1 is 1.56 bits per heavy atom. The Kier molecular flexibility index (Phi) is 5.05. The molecule has 1 aromatic rings. The van der Waals surface area contributed by atoms with Crippen molar-refractivity contribution in [2.24, 2.45) is 0 Å². The van der Waals surface area contributed by atoms with Crippen molar-refractivity contribution < 1.29 is 15.0 Å². The van der Waals surface area contributed by atoms with Gasteiger partial charge in [-0.25, -0.2) is 0 Å². The summed E-state index contributed by atoms with van der Waals surface area (Å²) in [7, 11) is 0. The number of benzene rings is 1. The van der Waals surface area contributed by atoms with Crippen LogP contribution >= 0.6 is 27.5 Å². The molecule has 0 radical (unpaired) electrons. The van der Waals surface area contributed by atoms with Crippen molar-refractivity contribution in [3.05, 3.63) is 27.7 Å². The Hall–Kier alpha value is -0.780. The number of carbonyl (C=O) groups is 1. The normalized spacial score (nSPS) is 12.2. The van der Waals surface area contributed by atoms with Gasteiger partial charge < -0.3 is 15.5 Å². The number of hydrogen-bond donors (Lipinski definition) is 3. The highest BCUT2D eigenvalue weighted by atomic mass is 79.9. The molecule has 0 aliphatic heterocycles. The molecule has 0 aliphatic carbocycles. The zero-order valence-electron chi connectivity index (χ0n) is 8.28. The monoisotopic (exact) mass is 307 g/mol. The van der Waals surface area contributed by atoms with Gasteiger partial charge in [-0.05, 0) is 34.1 Å². The van der Waals surface area contributed by atoms with Crippen molar-refractivity contribution in [1.29, 1.82) is 0 Å². The van der Waals surface area contributed by atoms with E-state index in [1.54, 1.807) is 18.2 Å². The van der Waals surface area contributed by atoms with Gasteiger partial charge in [0.05, 0.1) is 17.5 Å². The van der Waals surface area contributed by atoms with Crippen molar-refractivity contribution >= 4 is 39.2 Å². The van der Waals surface area contributed by atoms with Crippen molar-refractivity contribution in [2.45, 2.75) is 12.5 Å². The highest BCUT2D eigenvalue weighted by molar-refractivity contribution is 9.10. The zero-order chi connectivity index (χ0) is 12.1. The summed E-state index contributed by atoms with van der Waals surface area (Å²) in [5.41, 5.74) is 0.765. The molecule has 0 heterocycles. The lowest BCUT2D eigenvalue weighted by Crippen LogP contribution is -2.22. The standard InChI is InChI=1S/C10H11BrClNO3/c11-8-3-6(1-2-9(8)12)13-5-7(14)4-10(15)16/h1-3,7,13-14H,4-5H2,(H,15,16). The van der Waals surface area contributed by atoms with Crippen LogP contribution in [0.1, 0.15) is 6.42 Å². The average Bonchev–Trinajstić information content (AvgIpc) is 2.19. The van der Waals surface area contributed by atoms with E-state index in [1.165, 1.54) is 0 Å². The lowest BCUT2D eigenvalue weighted by atomic mass is 10.2. The van der Waals surface area contributed by atoms with Crippen molar-refractivity contribution in [1.82, 2.24) is 0 Å². The van der Waals surface area contributed by atoms with E-state index in [2.05, 4.69) is 21.2 Å². The molecule has 1 atom stereocenters. The number of anilines is 1. The highest BCUT2D eigenvalue weighted by Crippen LogP contribution is 2.25. The van der Waals surface area contributed by atoms with Crippen LogP contribution in [0.3, 0.4) is 0 Å². The van der Waals surface area contributed by atoms with Gasteiger partial charge in [0, 0.05) is 16.7 Å². The lowest BCUT2D eigenvalue weighted by molar-refractivity contribution is -0.138. The topological polar surface area (TPSA) is 69.6 Å². The molecule has 88 valence electrons. The van der Waals surface area contributed by atoms with Crippen LogP contribution in [0, 0.1) is 0 Å². The predicted octanol–water partition coefficient (Wildman–Crippen LogP) is 2.35. The molecule has 0 saturated heterocycles. The van der Waals surface area contributed by atoms with Crippen LogP contribution in [0.15, 0.2) is 22.7 Å². The van der Waals surface area contributed by atoms with Crippen LogP contribution in [0.2, 0.25) is 5.02 Å². The van der Waals surface area contributed by atoms with E-state index in [9.17, 15) is 9.90 Å². The first-order chi connectivity index (χ1) is 7.49. The van der Waals surface area contributed by atoms with Crippen LogP contribution in [0.5, 0.6) is 0 Å². The lowest BCUT2D eigenvalue weighted by Gasteiger charge is -2.11. The third kappa shape index (κ3) is 4.38. The molecule has 0 bridgehead atoms. The fraction of sp³-hybridized carbons (Fsp3) is 0.300. The Morgan fingerprint density at radius 3 is 2.81 bits per heavy atom. The fourth-order valence-corrected chi connectivity index (χ4v) is 1.61. The Morgan fingerprint density at radius 2 is 2.25 bits per heavy atom. The number of nitrogens with one attached hydrogen (secondary N) is 1. The van der Waals surface area contributed by atoms with Gasteiger partial charge in [0.15, 0.2) is 0 Å². The first-order valence-corrected chi connectivity index (χ1v) is 5.75. The van der Waals surface area contributed by atoms with Gasteiger partial charge in [0.1, 0.15) is 0 Å². The molecule has 0 aromatic heterocycles. The number of carboxylic acid groups (broad SMARTS) is 1. The Bertz CT molecular complexity index is 386. The molecular formula is C10H11BrClNO3. The van der Waals surface area contributed by atoms with E-state index < -0.39 is 12.1 Å². The van der Waals surface area contributed by atoms with E-state index in [4.69, 9.17) is 16.7 Å². The molecule has 0 spiro atoms. The molecule has 16 heavy (non-hydrogen) atoms. The van der Waals surface area contributed by atoms with Gasteiger partial charge in [-0.15, -0.1) is 0 Å². The number of hydrogen-bond acceptors (Lipinski definition) is 3. The molecule has 0 fully saturated rings. The SMILES string of the molecule is O=C(O)CC(O)CNc1ccc(Cl)c(Br)c1. The molecule has 4 nitrogen and oxygen atoms in total. The van der Waals surface area contributed by atoms with Crippen LogP contribution in [0.25, 0.3) is 0 Å². The summed E-state index contributed by atoms with van der Waals surface area (Å²) in [6.45, 7) is 0.181. The predicted molar refractivity (Wildman–Crippen MR) is 65.9 cm³/mol. The van der Waals surface area contributed by atoms with Crippen LogP contribution in [-0.4, -0.2) is 28.8 Å². The summed E-state index contributed by atoms with van der Waals surface area (Å²) in [6.07, 6.45) is -1.19. The van der Waals surface area contributed by atoms with E-state index in [0.717, 1.165) is 10.2 Å². The second kappa shape index (κ2) is 6.08. The number of aliphatic carboxylic acids is 1. The van der Waals surface area contributed by atoms with E-state index >= 15 is 0 Å². The van der Waals surface area contributed by atoms with Gasteiger partial charge in [0.25, 0.3) is 0 Å². The number of halogens is 2. The first kappa shape index (κ1) is 13.3. The van der Waals surface area contributed by atoms with Crippen molar-refractivity contribution in [3.63, 3.8) is 0 Å². The van der Waals surface area contributed by atoms with Crippen LogP contribution in [-0.2, 0) is 4.79 Å². The molecule has 1 aromatic carbocycles. The first-order valence-electron chi connectivity index (χ1n) is 4.58. The maximum atomic E-state index is 10.3. The zero-order valence-corrected chi connectivity index (χ0v) is 10.6. The smallest absolute Gasteiger partial charge is 0.306 e. The molecule has 0 aliphatic rings. The minimum absolute atomic E-state index is 0.181. The van der Waals surface area contributed by atoms with Crippen LogP contribution in [0.4, 0.5) is 5.69 Å². The van der Waals surface area contributed by atoms with Gasteiger partial charge in [-0.1, -0.05) is 11.6 Å². The van der Waals surface area contributed by atoms with Gasteiger partial charge in [-0.3, -0.25) is 4.79 Å². The minimum atomic E-state index is -1.02. The van der Waals surface area contributed by atoms with Crippen molar-refractivity contribution in [3.8, 4) is 0 Å². The summed E-state index contributed by atoms with van der Waals surface area (Å²) in [5, 5.41) is 21.3. The second-order valence-corrected chi connectivity index (χ2v) is 4.52. The average molecular weight is 309 g/mol. The summed E-state index contributed by atoms with van der Waals surface area (Å²) in [4.78, 5) is 10.3. The van der Waals surface area contributed by atoms with Gasteiger partial charge in [0.2, 0.25) is 0 Å². The molecule has 1 unspecified atom stereocenters. The van der Waals surface area contributed by atoms with E-state index in [-0.39, 0.29) is 13.0 Å². The summed E-state index contributed by atoms with van der Waals surface area (Å²) in [5.74, 6) is -1.02. The number of aliphatic hydroxyl groups excluding tert-OH is 1. The summed E-state index contributed by atoms with van der Waals surface area (Å²) in [6, 6.07) is 5.22. The number of rotatable bonds is 5. The summed E-state index contributed by atoms with van der Waals surface area (Å²) >= 11 is 9.08. The summed E-state index contributed by atoms with van der Waals surface area (Å²) < 4.78 is 0.742. The Balaban J connectivity index is 2.48. The molecule has 6 heteroatoms. The third-order valence-corrected chi connectivity index (χ3v) is 3.09. The molecule has 3 N–H and O–H groups in total. The van der Waals surface area contributed by atoms with E-state index in [0.29, 0.717) is 5.02 Å². The fourth-order valence-electron chi connectivity index (χ4n) is 1.12. The highest BCUT2D eigenvalue weighted by Gasteiger charge is 2.09. The minimum Gasteiger partial charge on any atom is -0.481 e. The van der Waals surface area contributed by atoms with Crippen molar-refractivity contribution in [2.75, 3.05) is 11.9 Å². The molecule has 1 rings (SSSR count). The van der Waals surface area contributed by atoms with Gasteiger partial charge in [-0.2, -0.15) is 0 Å². The quantitative estimate of drug-likeness (QED) is 0.781. The second-order valence-electron chi connectivity index (χ2n) is 3.26. The Labute approximate surface area is 106 Å². The molecular weight excluding hydrogens is 297 g/mol. The third-order valence-electron chi connectivity index (χ3n) is 1.87.